The zero-order valence-corrected chi connectivity index (χ0v) is 18.3. The van der Waals surface area contributed by atoms with Crippen LogP contribution in [0, 0.1) is 22.2 Å². The fourth-order valence-corrected chi connectivity index (χ4v) is 6.35. The Morgan fingerprint density at radius 2 is 1.91 bits per heavy atom. The number of rotatable bonds is 4. The molecule has 3 saturated carbocycles. The van der Waals surface area contributed by atoms with Crippen LogP contribution < -0.4 is 4.90 Å². The van der Waals surface area contributed by atoms with E-state index in [0.717, 1.165) is 61.1 Å². The molecule has 1 unspecified atom stereocenters. The Hall–Kier alpha value is -3.05. The van der Waals surface area contributed by atoms with Crippen molar-refractivity contribution in [1.29, 1.82) is 5.26 Å². The van der Waals surface area contributed by atoms with Gasteiger partial charge in [-0.1, -0.05) is 0 Å². The summed E-state index contributed by atoms with van der Waals surface area (Å²) in [5.74, 6) is 1.57. The maximum absolute atomic E-state index is 10.7. The Labute approximate surface area is 185 Å². The molecule has 8 rings (SSSR count). The molecule has 1 atom stereocenters. The summed E-state index contributed by atoms with van der Waals surface area (Å²) in [7, 11) is 0. The van der Waals surface area contributed by atoms with Crippen LogP contribution in [-0.4, -0.2) is 48.0 Å². The largest absolute Gasteiger partial charge is 0.390 e. The van der Waals surface area contributed by atoms with Crippen molar-refractivity contribution in [3.05, 3.63) is 36.5 Å². The lowest BCUT2D eigenvalue weighted by Crippen LogP contribution is -2.50. The second-order valence-electron chi connectivity index (χ2n) is 10.9. The van der Waals surface area contributed by atoms with Gasteiger partial charge in [-0.15, -0.1) is 0 Å². The van der Waals surface area contributed by atoms with Crippen molar-refractivity contribution in [3.63, 3.8) is 0 Å². The third-order valence-electron chi connectivity index (χ3n) is 8.93. The van der Waals surface area contributed by atoms with Gasteiger partial charge in [-0.25, -0.2) is 14.6 Å². The van der Waals surface area contributed by atoms with Gasteiger partial charge in [-0.05, 0) is 57.4 Å². The number of fused-ring (bicyclic) bond motifs is 2. The maximum atomic E-state index is 10.7. The second kappa shape index (κ2) is 5.46. The Morgan fingerprint density at radius 1 is 1.12 bits per heavy atom. The molecule has 5 fully saturated rings. The lowest BCUT2D eigenvalue weighted by Gasteiger charge is -2.45. The molecule has 2 aliphatic heterocycles. The van der Waals surface area contributed by atoms with E-state index in [4.69, 9.17) is 0 Å². The van der Waals surface area contributed by atoms with Crippen LogP contribution in [0.5, 0.6) is 0 Å². The zero-order chi connectivity index (χ0) is 21.9. The molecule has 3 aliphatic carbocycles. The highest BCUT2D eigenvalue weighted by Gasteiger charge is 2.76. The number of hydrogen-bond donors (Lipinski definition) is 1. The van der Waals surface area contributed by atoms with E-state index in [9.17, 15) is 10.4 Å². The SMILES string of the molecule is CC(C)(O)C12CC(C1)N(c1cc(-n3ncc4cnc(C5(C#N)CC56CC6)cc43)ncn1)C2. The average Bonchev–Trinajstić information content (AvgIpc) is 3.44. The van der Waals surface area contributed by atoms with Gasteiger partial charge in [0.05, 0.1) is 29.1 Å². The van der Waals surface area contributed by atoms with Crippen molar-refractivity contribution >= 4 is 16.7 Å². The van der Waals surface area contributed by atoms with E-state index in [0.29, 0.717) is 11.9 Å². The van der Waals surface area contributed by atoms with E-state index >= 15 is 0 Å². The quantitative estimate of drug-likeness (QED) is 0.683. The highest BCUT2D eigenvalue weighted by Crippen LogP contribution is 2.78. The summed E-state index contributed by atoms with van der Waals surface area (Å²) in [5, 5.41) is 26.1. The van der Waals surface area contributed by atoms with E-state index in [1.54, 1.807) is 12.5 Å². The predicted octanol–water partition coefficient (Wildman–Crippen LogP) is 2.90. The lowest BCUT2D eigenvalue weighted by molar-refractivity contribution is -0.0754. The predicted molar refractivity (Wildman–Crippen MR) is 117 cm³/mol. The molecule has 2 bridgehead atoms. The third-order valence-corrected chi connectivity index (χ3v) is 8.93. The van der Waals surface area contributed by atoms with Crippen LogP contribution in [0.4, 0.5) is 5.82 Å². The first kappa shape index (κ1) is 18.5. The van der Waals surface area contributed by atoms with Crippen LogP contribution in [0.2, 0.25) is 0 Å². The van der Waals surface area contributed by atoms with E-state index in [2.05, 4.69) is 31.0 Å². The summed E-state index contributed by atoms with van der Waals surface area (Å²) in [4.78, 5) is 16.0. The summed E-state index contributed by atoms with van der Waals surface area (Å²) in [5.41, 5.74) is 0.742. The van der Waals surface area contributed by atoms with E-state index in [-0.39, 0.29) is 10.8 Å². The summed E-state index contributed by atoms with van der Waals surface area (Å²) >= 11 is 0. The number of aromatic nitrogens is 5. The molecule has 32 heavy (non-hydrogen) atoms. The van der Waals surface area contributed by atoms with Gasteiger partial charge >= 0.3 is 0 Å². The monoisotopic (exact) mass is 427 g/mol. The molecule has 1 N–H and O–H groups in total. The Morgan fingerprint density at radius 3 is 2.56 bits per heavy atom. The van der Waals surface area contributed by atoms with Crippen LogP contribution >= 0.6 is 0 Å². The molecule has 0 aromatic carbocycles. The molecule has 8 nitrogen and oxygen atoms in total. The van der Waals surface area contributed by atoms with Crippen molar-refractivity contribution in [2.45, 2.75) is 63.0 Å². The maximum Gasteiger partial charge on any atom is 0.159 e. The number of nitriles is 1. The molecule has 2 saturated heterocycles. The van der Waals surface area contributed by atoms with Crippen molar-refractivity contribution in [3.8, 4) is 11.9 Å². The Bertz CT molecular complexity index is 1320. The highest BCUT2D eigenvalue weighted by atomic mass is 16.3. The van der Waals surface area contributed by atoms with E-state index in [1.165, 1.54) is 0 Å². The van der Waals surface area contributed by atoms with Crippen LogP contribution in [0.25, 0.3) is 16.7 Å². The van der Waals surface area contributed by atoms with Gasteiger partial charge in [0, 0.05) is 35.7 Å². The van der Waals surface area contributed by atoms with Crippen molar-refractivity contribution < 1.29 is 5.11 Å². The molecular formula is C24H25N7O. The summed E-state index contributed by atoms with van der Waals surface area (Å²) in [6.07, 6.45) is 10.4. The van der Waals surface area contributed by atoms with Gasteiger partial charge in [-0.3, -0.25) is 4.98 Å². The van der Waals surface area contributed by atoms with Crippen LogP contribution in [0.15, 0.2) is 30.9 Å². The Balaban J connectivity index is 1.26. The molecule has 0 radical (unpaired) electrons. The number of anilines is 1. The number of hydrogen-bond acceptors (Lipinski definition) is 7. The molecular weight excluding hydrogens is 402 g/mol. The van der Waals surface area contributed by atoms with E-state index < -0.39 is 11.0 Å². The summed E-state index contributed by atoms with van der Waals surface area (Å²) in [6.45, 7) is 4.64. The van der Waals surface area contributed by atoms with E-state index in [1.807, 2.05) is 36.9 Å². The van der Waals surface area contributed by atoms with Gasteiger partial charge in [0.25, 0.3) is 0 Å². The number of nitrogens with zero attached hydrogens (tertiary/aromatic N) is 7. The highest BCUT2D eigenvalue weighted by molar-refractivity contribution is 5.80. The molecule has 8 heteroatoms. The molecule has 0 amide bonds. The van der Waals surface area contributed by atoms with Crippen LogP contribution in [0.1, 0.15) is 51.6 Å². The third kappa shape index (κ3) is 2.15. The van der Waals surface area contributed by atoms with Gasteiger partial charge in [0.15, 0.2) is 5.82 Å². The first-order valence-corrected chi connectivity index (χ1v) is 11.4. The van der Waals surface area contributed by atoms with Crippen LogP contribution in [0.3, 0.4) is 0 Å². The first-order valence-electron chi connectivity index (χ1n) is 11.4. The minimum absolute atomic E-state index is 0.0591. The lowest BCUT2D eigenvalue weighted by atomic mass is 9.61. The smallest absolute Gasteiger partial charge is 0.159 e. The minimum atomic E-state index is -0.700. The first-order chi connectivity index (χ1) is 15.3. The van der Waals surface area contributed by atoms with Gasteiger partial charge in [0.1, 0.15) is 17.6 Å². The number of aliphatic hydroxyl groups is 1. The minimum Gasteiger partial charge on any atom is -0.390 e. The van der Waals surface area contributed by atoms with Crippen molar-refractivity contribution in [1.82, 2.24) is 24.7 Å². The fourth-order valence-electron chi connectivity index (χ4n) is 6.35. The second-order valence-corrected chi connectivity index (χ2v) is 10.9. The van der Waals surface area contributed by atoms with Gasteiger partial charge in [-0.2, -0.15) is 10.4 Å². The topological polar surface area (TPSA) is 104 Å². The Kier molecular flexibility index (Phi) is 3.16. The average molecular weight is 428 g/mol. The molecule has 5 heterocycles. The van der Waals surface area contributed by atoms with Crippen molar-refractivity contribution in [2.75, 3.05) is 11.4 Å². The summed E-state index contributed by atoms with van der Waals surface area (Å²) < 4.78 is 1.82. The molecule has 1 spiro atoms. The van der Waals surface area contributed by atoms with Gasteiger partial charge < -0.3 is 10.0 Å². The zero-order valence-electron chi connectivity index (χ0n) is 18.3. The fraction of sp³-hybridized carbons (Fsp3) is 0.542. The summed E-state index contributed by atoms with van der Waals surface area (Å²) in [6, 6.07) is 6.98. The molecule has 5 aliphatic rings. The normalized spacial score (nSPS) is 31.6. The molecule has 162 valence electrons. The number of pyridine rings is 1. The van der Waals surface area contributed by atoms with Gasteiger partial charge in [0.2, 0.25) is 0 Å². The molecule has 3 aromatic rings. The van der Waals surface area contributed by atoms with Crippen molar-refractivity contribution in [2.24, 2.45) is 10.8 Å². The molecule has 3 aromatic heterocycles. The van der Waals surface area contributed by atoms with Crippen LogP contribution in [-0.2, 0) is 5.41 Å². The standard InChI is InChI=1S/C24H25N7O/c1-21(2,32)23-7-16(8-23)30(13-23)19-6-20(28-14-27-19)31-17-5-18(26-9-15(17)10-29-31)24(12-25)11-22(24)3-4-22/h5-6,9-10,14,16,32H,3-4,7-8,11,13H2,1-2H3.